The third-order valence-electron chi connectivity index (χ3n) is 4.25. The highest BCUT2D eigenvalue weighted by atomic mass is 35.5. The molecule has 0 atom stereocenters. The van der Waals surface area contributed by atoms with Crippen LogP contribution in [0.25, 0.3) is 22.0 Å². The number of nitrogens with zero attached hydrogens (tertiary/aromatic N) is 2. The maximum absolute atomic E-state index is 11.9. The Morgan fingerprint density at radius 2 is 2.04 bits per heavy atom. The molecule has 0 spiro atoms. The van der Waals surface area contributed by atoms with Crippen LogP contribution in [0.2, 0.25) is 5.02 Å². The maximum Gasteiger partial charge on any atom is 0.228 e. The number of halogens is 1. The number of benzene rings is 1. The number of fused-ring (bicyclic) bond motifs is 1. The summed E-state index contributed by atoms with van der Waals surface area (Å²) in [6.07, 6.45) is 3.72. The van der Waals surface area contributed by atoms with Gasteiger partial charge in [-0.3, -0.25) is 9.78 Å². The average Bonchev–Trinajstić information content (AvgIpc) is 3.41. The first-order chi connectivity index (χ1) is 11.6. The van der Waals surface area contributed by atoms with Crippen molar-refractivity contribution in [2.45, 2.75) is 19.8 Å². The Kier molecular flexibility index (Phi) is 3.69. The van der Waals surface area contributed by atoms with E-state index in [1.807, 2.05) is 43.3 Å². The van der Waals surface area contributed by atoms with Gasteiger partial charge >= 0.3 is 0 Å². The van der Waals surface area contributed by atoms with Crippen molar-refractivity contribution in [3.8, 4) is 11.3 Å². The van der Waals surface area contributed by atoms with Crippen molar-refractivity contribution in [3.63, 3.8) is 0 Å². The van der Waals surface area contributed by atoms with Crippen molar-refractivity contribution < 1.29 is 4.79 Å². The summed E-state index contributed by atoms with van der Waals surface area (Å²) in [5, 5.41) is 5.50. The average molecular weight is 338 g/mol. The number of nitrogens with one attached hydrogen (secondary N) is 1. The van der Waals surface area contributed by atoms with Gasteiger partial charge in [0.2, 0.25) is 5.91 Å². The standard InChI is InChI=1S/C19H16ClN3O/c1-11-15-9-18(23-19(24)12-6-7-12)21-10-13(15)8-17(22-11)14-4-2-3-5-16(14)20/h2-5,8-10,12H,6-7H2,1H3,(H,21,23,24). The Morgan fingerprint density at radius 1 is 1.25 bits per heavy atom. The first-order valence-corrected chi connectivity index (χ1v) is 8.33. The highest BCUT2D eigenvalue weighted by molar-refractivity contribution is 6.33. The zero-order chi connectivity index (χ0) is 16.7. The molecule has 0 radical (unpaired) electrons. The SMILES string of the molecule is Cc1nc(-c2ccccc2Cl)cc2cnc(NC(=O)C3CC3)cc12. The highest BCUT2D eigenvalue weighted by Gasteiger charge is 2.29. The fraction of sp³-hybridized carbons (Fsp3) is 0.211. The van der Waals surface area contributed by atoms with Crippen LogP contribution in [0, 0.1) is 12.8 Å². The summed E-state index contributed by atoms with van der Waals surface area (Å²) in [5.74, 6) is 0.791. The lowest BCUT2D eigenvalue weighted by Crippen LogP contribution is -2.14. The van der Waals surface area contributed by atoms with E-state index in [1.165, 1.54) is 0 Å². The molecule has 1 aliphatic carbocycles. The minimum Gasteiger partial charge on any atom is -0.310 e. The molecule has 0 aliphatic heterocycles. The number of aromatic nitrogens is 2. The normalized spacial score (nSPS) is 13.9. The molecular formula is C19H16ClN3O. The predicted molar refractivity (Wildman–Crippen MR) is 96.1 cm³/mol. The van der Waals surface area contributed by atoms with Crippen LogP contribution in [0.15, 0.2) is 42.6 Å². The molecule has 5 heteroatoms. The third-order valence-corrected chi connectivity index (χ3v) is 4.58. The second-order valence-corrected chi connectivity index (χ2v) is 6.53. The molecule has 2 heterocycles. The van der Waals surface area contributed by atoms with Crippen molar-refractivity contribution >= 4 is 34.1 Å². The van der Waals surface area contributed by atoms with Crippen LogP contribution in [-0.2, 0) is 4.79 Å². The van der Waals surface area contributed by atoms with Gasteiger partial charge in [0.15, 0.2) is 0 Å². The van der Waals surface area contributed by atoms with Crippen LogP contribution in [-0.4, -0.2) is 15.9 Å². The van der Waals surface area contributed by atoms with Crippen molar-refractivity contribution in [2.75, 3.05) is 5.32 Å². The minimum absolute atomic E-state index is 0.0557. The van der Waals surface area contributed by atoms with E-state index in [4.69, 9.17) is 11.6 Å². The number of hydrogen-bond donors (Lipinski definition) is 1. The molecule has 4 rings (SSSR count). The van der Waals surface area contributed by atoms with Crippen LogP contribution < -0.4 is 5.32 Å². The third kappa shape index (κ3) is 2.85. The topological polar surface area (TPSA) is 54.9 Å². The Labute approximate surface area is 144 Å². The van der Waals surface area contributed by atoms with E-state index in [0.29, 0.717) is 10.8 Å². The highest BCUT2D eigenvalue weighted by Crippen LogP contribution is 2.32. The smallest absolute Gasteiger partial charge is 0.228 e. The number of aryl methyl sites for hydroxylation is 1. The van der Waals surface area contributed by atoms with E-state index < -0.39 is 0 Å². The molecule has 0 unspecified atom stereocenters. The number of anilines is 1. The van der Waals surface area contributed by atoms with Gasteiger partial charge in [-0.1, -0.05) is 29.8 Å². The van der Waals surface area contributed by atoms with Crippen LogP contribution >= 0.6 is 11.6 Å². The summed E-state index contributed by atoms with van der Waals surface area (Å²) >= 11 is 6.28. The molecule has 1 fully saturated rings. The van der Waals surface area contributed by atoms with Gasteiger partial charge in [0.1, 0.15) is 5.82 Å². The van der Waals surface area contributed by atoms with Crippen molar-refractivity contribution in [1.82, 2.24) is 9.97 Å². The van der Waals surface area contributed by atoms with E-state index in [0.717, 1.165) is 40.6 Å². The molecular weight excluding hydrogens is 322 g/mol. The molecule has 1 aliphatic rings. The van der Waals surface area contributed by atoms with E-state index in [2.05, 4.69) is 15.3 Å². The molecule has 1 aromatic carbocycles. The molecule has 120 valence electrons. The Bertz CT molecular complexity index is 950. The molecule has 24 heavy (non-hydrogen) atoms. The molecule has 0 bridgehead atoms. The molecule has 1 N–H and O–H groups in total. The Hall–Kier alpha value is -2.46. The second-order valence-electron chi connectivity index (χ2n) is 6.13. The summed E-state index contributed by atoms with van der Waals surface area (Å²) in [6, 6.07) is 11.5. The lowest BCUT2D eigenvalue weighted by Gasteiger charge is -2.10. The zero-order valence-corrected chi connectivity index (χ0v) is 14.0. The minimum atomic E-state index is 0.0557. The maximum atomic E-state index is 11.9. The molecule has 4 nitrogen and oxygen atoms in total. The lowest BCUT2D eigenvalue weighted by atomic mass is 10.1. The number of hydrogen-bond acceptors (Lipinski definition) is 3. The van der Waals surface area contributed by atoms with E-state index in [1.54, 1.807) is 6.20 Å². The summed E-state index contributed by atoms with van der Waals surface area (Å²) < 4.78 is 0. The van der Waals surface area contributed by atoms with Gasteiger partial charge in [0, 0.05) is 39.2 Å². The Morgan fingerprint density at radius 3 is 2.79 bits per heavy atom. The summed E-state index contributed by atoms with van der Waals surface area (Å²) in [6.45, 7) is 1.95. The van der Waals surface area contributed by atoms with Gasteiger partial charge in [-0.15, -0.1) is 0 Å². The largest absolute Gasteiger partial charge is 0.310 e. The van der Waals surface area contributed by atoms with Crippen molar-refractivity contribution in [1.29, 1.82) is 0 Å². The molecule has 3 aromatic rings. The summed E-state index contributed by atoms with van der Waals surface area (Å²) in [7, 11) is 0. The number of pyridine rings is 2. The molecule has 0 saturated heterocycles. The van der Waals surface area contributed by atoms with Crippen LogP contribution in [0.5, 0.6) is 0 Å². The van der Waals surface area contributed by atoms with Gasteiger partial charge in [-0.25, -0.2) is 4.98 Å². The molecule has 1 saturated carbocycles. The van der Waals surface area contributed by atoms with E-state index in [-0.39, 0.29) is 11.8 Å². The first kappa shape index (κ1) is 15.1. The lowest BCUT2D eigenvalue weighted by molar-refractivity contribution is -0.117. The van der Waals surface area contributed by atoms with Crippen molar-refractivity contribution in [3.05, 3.63) is 53.3 Å². The monoisotopic (exact) mass is 337 g/mol. The van der Waals surface area contributed by atoms with Gasteiger partial charge in [0.05, 0.1) is 5.69 Å². The van der Waals surface area contributed by atoms with E-state index in [9.17, 15) is 4.79 Å². The predicted octanol–water partition coefficient (Wildman–Crippen LogP) is 4.61. The number of amides is 1. The fourth-order valence-corrected chi connectivity index (χ4v) is 3.00. The van der Waals surface area contributed by atoms with Gasteiger partial charge in [-0.2, -0.15) is 0 Å². The van der Waals surface area contributed by atoms with Crippen LogP contribution in [0.1, 0.15) is 18.5 Å². The number of carbonyl (C=O) groups is 1. The van der Waals surface area contributed by atoms with Crippen molar-refractivity contribution in [2.24, 2.45) is 5.92 Å². The molecule has 2 aromatic heterocycles. The van der Waals surface area contributed by atoms with Gasteiger partial charge in [-0.05, 0) is 38.0 Å². The number of carbonyl (C=O) groups excluding carboxylic acids is 1. The quantitative estimate of drug-likeness (QED) is 0.759. The van der Waals surface area contributed by atoms with Gasteiger partial charge in [0.25, 0.3) is 0 Å². The summed E-state index contributed by atoms with van der Waals surface area (Å²) in [4.78, 5) is 20.9. The van der Waals surface area contributed by atoms with Gasteiger partial charge < -0.3 is 5.32 Å². The van der Waals surface area contributed by atoms with Crippen LogP contribution in [0.3, 0.4) is 0 Å². The Balaban J connectivity index is 1.74. The molecule has 1 amide bonds. The zero-order valence-electron chi connectivity index (χ0n) is 13.2. The second kappa shape index (κ2) is 5.87. The van der Waals surface area contributed by atoms with Crippen LogP contribution in [0.4, 0.5) is 5.82 Å². The van der Waals surface area contributed by atoms with E-state index >= 15 is 0 Å². The summed E-state index contributed by atoms with van der Waals surface area (Å²) in [5.41, 5.74) is 2.60. The first-order valence-electron chi connectivity index (χ1n) is 7.95. The number of rotatable bonds is 3. The fourth-order valence-electron chi connectivity index (χ4n) is 2.76.